The van der Waals surface area contributed by atoms with Gasteiger partial charge in [-0.25, -0.2) is 9.97 Å². The minimum atomic E-state index is 0.415. The molecule has 0 aliphatic carbocycles. The van der Waals surface area contributed by atoms with E-state index in [1.165, 1.54) is 0 Å². The Morgan fingerprint density at radius 1 is 1.40 bits per heavy atom. The highest BCUT2D eigenvalue weighted by atomic mass is 16.5. The minimum Gasteiger partial charge on any atom is -0.467 e. The summed E-state index contributed by atoms with van der Waals surface area (Å²) in [6.07, 6.45) is 3.66. The molecule has 0 saturated carbocycles. The van der Waals surface area contributed by atoms with Crippen molar-refractivity contribution >= 4 is 0 Å². The number of rotatable bonds is 5. The van der Waals surface area contributed by atoms with E-state index >= 15 is 0 Å². The zero-order valence-electron chi connectivity index (χ0n) is 12.6. The van der Waals surface area contributed by atoms with Crippen molar-refractivity contribution in [2.75, 3.05) is 54.1 Å². The van der Waals surface area contributed by atoms with E-state index in [0.717, 1.165) is 45.0 Å². The standard InChI is InChI=1S/C14H24N4O2/c1-17(2)8-13-10-18(4-5-20-11-13)9-12-6-15-14(19-3)16-7-12/h6-7,13H,4-5,8-11H2,1-3H3. The van der Waals surface area contributed by atoms with Crippen LogP contribution in [0.25, 0.3) is 0 Å². The van der Waals surface area contributed by atoms with Gasteiger partial charge < -0.3 is 14.4 Å². The Kier molecular flexibility index (Phi) is 5.70. The summed E-state index contributed by atoms with van der Waals surface area (Å²) in [6, 6.07) is 0.415. The van der Waals surface area contributed by atoms with E-state index in [2.05, 4.69) is 33.9 Å². The summed E-state index contributed by atoms with van der Waals surface area (Å²) in [7, 11) is 5.78. The van der Waals surface area contributed by atoms with E-state index in [0.29, 0.717) is 11.9 Å². The first-order valence-electron chi connectivity index (χ1n) is 6.97. The lowest BCUT2D eigenvalue weighted by Crippen LogP contribution is -2.34. The Balaban J connectivity index is 1.92. The fourth-order valence-corrected chi connectivity index (χ4v) is 2.51. The number of hydrogen-bond donors (Lipinski definition) is 0. The normalized spacial score (nSPS) is 20.9. The molecule has 6 nitrogen and oxygen atoms in total. The third kappa shape index (κ3) is 4.70. The number of ether oxygens (including phenoxy) is 2. The van der Waals surface area contributed by atoms with E-state index in [-0.39, 0.29) is 0 Å². The second kappa shape index (κ2) is 7.52. The molecule has 0 bridgehead atoms. The maximum atomic E-state index is 5.69. The first-order valence-corrected chi connectivity index (χ1v) is 6.97. The van der Waals surface area contributed by atoms with Gasteiger partial charge in [0.1, 0.15) is 0 Å². The van der Waals surface area contributed by atoms with Crippen LogP contribution >= 0.6 is 0 Å². The lowest BCUT2D eigenvalue weighted by molar-refractivity contribution is 0.112. The monoisotopic (exact) mass is 280 g/mol. The van der Waals surface area contributed by atoms with Gasteiger partial charge in [0.25, 0.3) is 0 Å². The van der Waals surface area contributed by atoms with Crippen molar-refractivity contribution in [3.05, 3.63) is 18.0 Å². The van der Waals surface area contributed by atoms with Gasteiger partial charge in [-0.05, 0) is 14.1 Å². The summed E-state index contributed by atoms with van der Waals surface area (Å²) in [6.45, 7) is 5.54. The largest absolute Gasteiger partial charge is 0.467 e. The predicted molar refractivity (Wildman–Crippen MR) is 76.7 cm³/mol. The van der Waals surface area contributed by atoms with Gasteiger partial charge in [0.15, 0.2) is 0 Å². The molecule has 1 aliphatic heterocycles. The van der Waals surface area contributed by atoms with Gasteiger partial charge in [-0.2, -0.15) is 0 Å². The van der Waals surface area contributed by atoms with E-state index in [9.17, 15) is 0 Å². The molecular weight excluding hydrogens is 256 g/mol. The van der Waals surface area contributed by atoms with E-state index in [1.54, 1.807) is 7.11 Å². The number of methoxy groups -OCH3 is 1. The van der Waals surface area contributed by atoms with Crippen LogP contribution in [0.5, 0.6) is 6.01 Å². The van der Waals surface area contributed by atoms with E-state index in [4.69, 9.17) is 9.47 Å². The molecule has 0 radical (unpaired) electrons. The molecule has 0 amide bonds. The molecule has 1 saturated heterocycles. The molecule has 2 heterocycles. The second-order valence-electron chi connectivity index (χ2n) is 5.52. The third-order valence-electron chi connectivity index (χ3n) is 3.32. The molecule has 6 heteroatoms. The fourth-order valence-electron chi connectivity index (χ4n) is 2.51. The number of aromatic nitrogens is 2. The minimum absolute atomic E-state index is 0.415. The van der Waals surface area contributed by atoms with Crippen molar-refractivity contribution in [2.24, 2.45) is 5.92 Å². The van der Waals surface area contributed by atoms with E-state index < -0.39 is 0 Å². The lowest BCUT2D eigenvalue weighted by Gasteiger charge is -2.25. The van der Waals surface area contributed by atoms with Crippen LogP contribution in [0.3, 0.4) is 0 Å². The average molecular weight is 280 g/mol. The molecule has 112 valence electrons. The lowest BCUT2D eigenvalue weighted by atomic mass is 10.1. The van der Waals surface area contributed by atoms with E-state index in [1.807, 2.05) is 12.4 Å². The summed E-state index contributed by atoms with van der Waals surface area (Å²) in [5, 5.41) is 0. The molecule has 1 atom stereocenters. The maximum absolute atomic E-state index is 5.69. The van der Waals surface area contributed by atoms with Crippen molar-refractivity contribution in [2.45, 2.75) is 6.54 Å². The molecule has 1 aliphatic rings. The highest BCUT2D eigenvalue weighted by Gasteiger charge is 2.19. The van der Waals surface area contributed by atoms with Crippen LogP contribution < -0.4 is 4.74 Å². The van der Waals surface area contributed by atoms with Crippen molar-refractivity contribution in [1.82, 2.24) is 19.8 Å². The van der Waals surface area contributed by atoms with Crippen LogP contribution in [0.15, 0.2) is 12.4 Å². The van der Waals surface area contributed by atoms with Gasteiger partial charge in [0.2, 0.25) is 0 Å². The average Bonchev–Trinajstić information content (AvgIpc) is 2.64. The summed E-state index contributed by atoms with van der Waals surface area (Å²) >= 11 is 0. The highest BCUT2D eigenvalue weighted by Crippen LogP contribution is 2.12. The third-order valence-corrected chi connectivity index (χ3v) is 3.32. The summed E-state index contributed by atoms with van der Waals surface area (Å²) < 4.78 is 10.7. The van der Waals surface area contributed by atoms with Crippen molar-refractivity contribution in [3.63, 3.8) is 0 Å². The summed E-state index contributed by atoms with van der Waals surface area (Å²) in [5.41, 5.74) is 1.11. The molecule has 1 aromatic heterocycles. The van der Waals surface area contributed by atoms with Crippen molar-refractivity contribution in [3.8, 4) is 6.01 Å². The maximum Gasteiger partial charge on any atom is 0.316 e. The second-order valence-corrected chi connectivity index (χ2v) is 5.52. The van der Waals surface area contributed by atoms with Gasteiger partial charge in [-0.3, -0.25) is 4.90 Å². The molecule has 20 heavy (non-hydrogen) atoms. The summed E-state index contributed by atoms with van der Waals surface area (Å²) in [4.78, 5) is 12.9. The quantitative estimate of drug-likeness (QED) is 0.782. The first kappa shape index (κ1) is 15.2. The number of nitrogens with zero attached hydrogens (tertiary/aromatic N) is 4. The van der Waals surface area contributed by atoms with Gasteiger partial charge in [0.05, 0.1) is 20.3 Å². The molecule has 2 rings (SSSR count). The van der Waals surface area contributed by atoms with Crippen LogP contribution in [0.4, 0.5) is 0 Å². The Morgan fingerprint density at radius 3 is 2.80 bits per heavy atom. The SMILES string of the molecule is COc1ncc(CN2CCOCC(CN(C)C)C2)cn1. The van der Waals surface area contributed by atoms with Crippen LogP contribution in [0.2, 0.25) is 0 Å². The molecule has 1 aromatic rings. The Hall–Kier alpha value is -1.24. The van der Waals surface area contributed by atoms with Gasteiger partial charge in [-0.1, -0.05) is 0 Å². The van der Waals surface area contributed by atoms with Gasteiger partial charge in [0, 0.05) is 50.1 Å². The number of hydrogen-bond acceptors (Lipinski definition) is 6. The summed E-state index contributed by atoms with van der Waals surface area (Å²) in [5.74, 6) is 0.548. The Bertz CT molecular complexity index is 397. The molecule has 0 N–H and O–H groups in total. The fraction of sp³-hybridized carbons (Fsp3) is 0.714. The van der Waals surface area contributed by atoms with Gasteiger partial charge >= 0.3 is 6.01 Å². The predicted octanol–water partition coefficient (Wildman–Crippen LogP) is 0.495. The molecule has 0 spiro atoms. The van der Waals surface area contributed by atoms with Crippen LogP contribution in [-0.2, 0) is 11.3 Å². The van der Waals surface area contributed by atoms with Crippen LogP contribution in [-0.4, -0.2) is 73.8 Å². The molecule has 1 fully saturated rings. The van der Waals surface area contributed by atoms with Crippen molar-refractivity contribution in [1.29, 1.82) is 0 Å². The van der Waals surface area contributed by atoms with Crippen LogP contribution in [0.1, 0.15) is 5.56 Å². The zero-order valence-corrected chi connectivity index (χ0v) is 12.6. The molecular formula is C14H24N4O2. The van der Waals surface area contributed by atoms with Crippen LogP contribution in [0, 0.1) is 5.92 Å². The Labute approximate surface area is 120 Å². The van der Waals surface area contributed by atoms with Crippen molar-refractivity contribution < 1.29 is 9.47 Å². The molecule has 0 aromatic carbocycles. The zero-order chi connectivity index (χ0) is 14.4. The first-order chi connectivity index (χ1) is 9.67. The smallest absolute Gasteiger partial charge is 0.316 e. The van der Waals surface area contributed by atoms with Gasteiger partial charge in [-0.15, -0.1) is 0 Å². The highest BCUT2D eigenvalue weighted by molar-refractivity contribution is 5.07. The molecule has 1 unspecified atom stereocenters. The topological polar surface area (TPSA) is 50.7 Å². The Morgan fingerprint density at radius 2 is 2.15 bits per heavy atom.